The van der Waals surface area contributed by atoms with E-state index in [1.807, 2.05) is 24.2 Å². The first kappa shape index (κ1) is 18.4. The molecule has 1 aromatic rings. The Kier molecular flexibility index (Phi) is 6.09. The van der Waals surface area contributed by atoms with E-state index in [1.165, 1.54) is 0 Å². The van der Waals surface area contributed by atoms with Gasteiger partial charge in [-0.15, -0.1) is 0 Å². The summed E-state index contributed by atoms with van der Waals surface area (Å²) in [4.78, 5) is 23.7. The van der Waals surface area contributed by atoms with Gasteiger partial charge in [0.25, 0.3) is 0 Å². The van der Waals surface area contributed by atoms with Crippen molar-refractivity contribution >= 4 is 5.91 Å². The summed E-state index contributed by atoms with van der Waals surface area (Å²) in [7, 11) is 0. The number of piperazine rings is 1. The Morgan fingerprint density at radius 1 is 1.28 bits per heavy atom. The van der Waals surface area contributed by atoms with E-state index in [1.54, 1.807) is 0 Å². The fourth-order valence-corrected chi connectivity index (χ4v) is 3.75. The smallest absolute Gasteiger partial charge is 0.236 e. The summed E-state index contributed by atoms with van der Waals surface area (Å²) in [6, 6.07) is 0.423. The first-order valence-corrected chi connectivity index (χ1v) is 9.42. The molecule has 0 N–H and O–H groups in total. The second kappa shape index (κ2) is 8.29. The van der Waals surface area contributed by atoms with Crippen molar-refractivity contribution in [2.45, 2.75) is 46.0 Å². The number of nitrogens with zero attached hydrogens (tertiary/aromatic N) is 5. The third kappa shape index (κ3) is 4.59. The van der Waals surface area contributed by atoms with E-state index >= 15 is 0 Å². The Labute approximate surface area is 150 Å². The zero-order chi connectivity index (χ0) is 17.8. The highest BCUT2D eigenvalue weighted by Crippen LogP contribution is 2.14. The lowest BCUT2D eigenvalue weighted by molar-refractivity contribution is -0.140. The molecular formula is C18H31N5O2. The standard InChI is InChI=1S/C18H31N5O2/c1-4-21-6-5-19-17(21)13-22-8-7-20(11-15(22)2)14-18(24)23-9-10-25-16(3)12-23/h5-6,15-16H,4,7-14H2,1-3H3/t15-,16+/m1/s1. The molecule has 2 aliphatic heterocycles. The Morgan fingerprint density at radius 2 is 2.12 bits per heavy atom. The molecular weight excluding hydrogens is 318 g/mol. The van der Waals surface area contributed by atoms with Crippen molar-refractivity contribution in [3.63, 3.8) is 0 Å². The predicted molar refractivity (Wildman–Crippen MR) is 96.2 cm³/mol. The van der Waals surface area contributed by atoms with Gasteiger partial charge in [-0.05, 0) is 20.8 Å². The fourth-order valence-electron chi connectivity index (χ4n) is 3.75. The molecule has 0 radical (unpaired) electrons. The molecule has 25 heavy (non-hydrogen) atoms. The van der Waals surface area contributed by atoms with Crippen LogP contribution in [0.2, 0.25) is 0 Å². The summed E-state index contributed by atoms with van der Waals surface area (Å²) in [5.74, 6) is 1.36. The van der Waals surface area contributed by atoms with Gasteiger partial charge in [-0.1, -0.05) is 0 Å². The molecule has 0 aliphatic carbocycles. The molecule has 2 atom stereocenters. The zero-order valence-corrected chi connectivity index (χ0v) is 15.7. The van der Waals surface area contributed by atoms with Crippen molar-refractivity contribution in [3.05, 3.63) is 18.2 Å². The molecule has 0 aromatic carbocycles. The van der Waals surface area contributed by atoms with E-state index in [0.717, 1.165) is 45.1 Å². The summed E-state index contributed by atoms with van der Waals surface area (Å²) < 4.78 is 7.72. The quantitative estimate of drug-likeness (QED) is 0.782. The van der Waals surface area contributed by atoms with Crippen LogP contribution in [0, 0.1) is 0 Å². The SMILES string of the molecule is CCn1ccnc1CN1CCN(CC(=O)N2CCO[C@@H](C)C2)C[C@H]1C. The van der Waals surface area contributed by atoms with E-state index in [2.05, 4.69) is 33.2 Å². The van der Waals surface area contributed by atoms with E-state index in [0.29, 0.717) is 25.7 Å². The molecule has 140 valence electrons. The summed E-state index contributed by atoms with van der Waals surface area (Å²) >= 11 is 0. The number of hydrogen-bond acceptors (Lipinski definition) is 5. The van der Waals surface area contributed by atoms with Gasteiger partial charge >= 0.3 is 0 Å². The van der Waals surface area contributed by atoms with Crippen molar-refractivity contribution in [1.29, 1.82) is 0 Å². The third-order valence-corrected chi connectivity index (χ3v) is 5.29. The Balaban J connectivity index is 1.49. The van der Waals surface area contributed by atoms with Gasteiger partial charge in [0.05, 0.1) is 25.8 Å². The number of carbonyl (C=O) groups is 1. The van der Waals surface area contributed by atoms with Crippen LogP contribution in [0.1, 0.15) is 26.6 Å². The highest BCUT2D eigenvalue weighted by molar-refractivity contribution is 5.78. The molecule has 0 spiro atoms. The lowest BCUT2D eigenvalue weighted by atomic mass is 10.2. The maximum Gasteiger partial charge on any atom is 0.236 e. The summed E-state index contributed by atoms with van der Waals surface area (Å²) in [5.41, 5.74) is 0. The molecule has 0 saturated carbocycles. The number of ether oxygens (including phenoxy) is 1. The minimum Gasteiger partial charge on any atom is -0.375 e. The molecule has 7 nitrogen and oxygen atoms in total. The fraction of sp³-hybridized carbons (Fsp3) is 0.778. The van der Waals surface area contributed by atoms with Gasteiger partial charge < -0.3 is 14.2 Å². The summed E-state index contributed by atoms with van der Waals surface area (Å²) in [5, 5.41) is 0. The minimum atomic E-state index is 0.149. The number of rotatable bonds is 5. The number of carbonyl (C=O) groups excluding carboxylic acids is 1. The van der Waals surface area contributed by atoms with Gasteiger partial charge in [-0.25, -0.2) is 4.98 Å². The number of hydrogen-bond donors (Lipinski definition) is 0. The number of aryl methyl sites for hydroxylation is 1. The van der Waals surface area contributed by atoms with Crippen LogP contribution in [0.15, 0.2) is 12.4 Å². The maximum atomic E-state index is 12.5. The maximum absolute atomic E-state index is 12.5. The highest BCUT2D eigenvalue weighted by Gasteiger charge is 2.28. The van der Waals surface area contributed by atoms with Crippen LogP contribution in [-0.2, 0) is 22.6 Å². The van der Waals surface area contributed by atoms with Crippen LogP contribution >= 0.6 is 0 Å². The van der Waals surface area contributed by atoms with Crippen LogP contribution in [0.3, 0.4) is 0 Å². The van der Waals surface area contributed by atoms with Crippen LogP contribution in [0.5, 0.6) is 0 Å². The van der Waals surface area contributed by atoms with E-state index < -0.39 is 0 Å². The molecule has 2 fully saturated rings. The first-order valence-electron chi connectivity index (χ1n) is 9.42. The zero-order valence-electron chi connectivity index (χ0n) is 15.7. The highest BCUT2D eigenvalue weighted by atomic mass is 16.5. The molecule has 3 rings (SSSR count). The lowest BCUT2D eigenvalue weighted by Gasteiger charge is -2.40. The molecule has 0 unspecified atom stereocenters. The average Bonchev–Trinajstić information content (AvgIpc) is 3.04. The Morgan fingerprint density at radius 3 is 2.84 bits per heavy atom. The van der Waals surface area contributed by atoms with Gasteiger partial charge in [0.1, 0.15) is 5.82 Å². The van der Waals surface area contributed by atoms with Crippen LogP contribution < -0.4 is 0 Å². The van der Waals surface area contributed by atoms with Gasteiger partial charge in [0, 0.05) is 57.7 Å². The number of aromatic nitrogens is 2. The molecule has 0 bridgehead atoms. The second-order valence-electron chi connectivity index (χ2n) is 7.21. The van der Waals surface area contributed by atoms with E-state index in [-0.39, 0.29) is 12.0 Å². The minimum absolute atomic E-state index is 0.149. The van der Waals surface area contributed by atoms with Gasteiger partial charge in [0.2, 0.25) is 5.91 Å². The Hall–Kier alpha value is -1.44. The summed E-state index contributed by atoms with van der Waals surface area (Å²) in [6.45, 7) is 13.7. The molecule has 3 heterocycles. The number of morpholine rings is 1. The van der Waals surface area contributed by atoms with E-state index in [4.69, 9.17) is 4.74 Å². The van der Waals surface area contributed by atoms with Gasteiger partial charge in [0.15, 0.2) is 0 Å². The average molecular weight is 349 g/mol. The predicted octanol–water partition coefficient (Wildman–Crippen LogP) is 0.656. The number of amides is 1. The largest absolute Gasteiger partial charge is 0.375 e. The van der Waals surface area contributed by atoms with Crippen molar-refractivity contribution in [2.75, 3.05) is 45.9 Å². The van der Waals surface area contributed by atoms with Crippen molar-refractivity contribution in [3.8, 4) is 0 Å². The van der Waals surface area contributed by atoms with Crippen LogP contribution in [0.25, 0.3) is 0 Å². The monoisotopic (exact) mass is 349 g/mol. The second-order valence-corrected chi connectivity index (χ2v) is 7.21. The van der Waals surface area contributed by atoms with Crippen LogP contribution in [-0.4, -0.2) is 88.2 Å². The molecule has 1 aromatic heterocycles. The third-order valence-electron chi connectivity index (χ3n) is 5.29. The summed E-state index contributed by atoms with van der Waals surface area (Å²) in [6.07, 6.45) is 4.07. The normalized spacial score (nSPS) is 26.1. The molecule has 7 heteroatoms. The van der Waals surface area contributed by atoms with Crippen molar-refractivity contribution in [2.24, 2.45) is 0 Å². The lowest BCUT2D eigenvalue weighted by Crippen LogP contribution is -2.55. The molecule has 1 amide bonds. The topological polar surface area (TPSA) is 53.8 Å². The van der Waals surface area contributed by atoms with Crippen molar-refractivity contribution in [1.82, 2.24) is 24.3 Å². The van der Waals surface area contributed by atoms with E-state index in [9.17, 15) is 4.79 Å². The Bertz CT molecular complexity index is 576. The van der Waals surface area contributed by atoms with Crippen LogP contribution in [0.4, 0.5) is 0 Å². The number of imidazole rings is 1. The van der Waals surface area contributed by atoms with Gasteiger partial charge in [-0.2, -0.15) is 0 Å². The van der Waals surface area contributed by atoms with Crippen molar-refractivity contribution < 1.29 is 9.53 Å². The molecule has 2 aliphatic rings. The van der Waals surface area contributed by atoms with Gasteiger partial charge in [-0.3, -0.25) is 14.6 Å². The first-order chi connectivity index (χ1) is 12.1. The molecule has 2 saturated heterocycles.